The molecule has 0 saturated heterocycles. The van der Waals surface area contributed by atoms with Gasteiger partial charge < -0.3 is 10.6 Å². The highest BCUT2D eigenvalue weighted by Crippen LogP contribution is 2.27. The van der Waals surface area contributed by atoms with Crippen LogP contribution in [0, 0.1) is 0 Å². The number of urea groups is 1. The lowest BCUT2D eigenvalue weighted by molar-refractivity contribution is -0.115. The zero-order chi connectivity index (χ0) is 11.7. The van der Waals surface area contributed by atoms with E-state index in [-0.39, 0.29) is 11.9 Å². The molecule has 0 unspecified atom stereocenters. The lowest BCUT2D eigenvalue weighted by Crippen LogP contribution is -2.34. The molecule has 0 radical (unpaired) electrons. The largest absolute Gasteiger partial charge is 0.341 e. The van der Waals surface area contributed by atoms with E-state index in [1.54, 1.807) is 20.2 Å². The minimum absolute atomic E-state index is 0.00486. The fourth-order valence-corrected chi connectivity index (χ4v) is 1.71. The SMILES string of the molecule is CNC(=O)N(C)c1ccc2c(c1)CC(=O)N2. The molecule has 1 aromatic carbocycles. The van der Waals surface area contributed by atoms with Crippen molar-refractivity contribution in [3.8, 4) is 0 Å². The molecule has 5 heteroatoms. The van der Waals surface area contributed by atoms with E-state index in [1.807, 2.05) is 12.1 Å². The normalized spacial score (nSPS) is 13.0. The quantitative estimate of drug-likeness (QED) is 0.739. The lowest BCUT2D eigenvalue weighted by atomic mass is 10.1. The minimum Gasteiger partial charge on any atom is -0.341 e. The minimum atomic E-state index is -0.183. The first-order valence-electron chi connectivity index (χ1n) is 5.00. The van der Waals surface area contributed by atoms with Gasteiger partial charge >= 0.3 is 6.03 Å². The third kappa shape index (κ3) is 1.71. The average Bonchev–Trinajstić information content (AvgIpc) is 2.65. The van der Waals surface area contributed by atoms with Crippen LogP contribution in [0.2, 0.25) is 0 Å². The van der Waals surface area contributed by atoms with E-state index in [0.29, 0.717) is 6.42 Å². The second kappa shape index (κ2) is 3.84. The summed E-state index contributed by atoms with van der Waals surface area (Å²) < 4.78 is 0. The molecule has 0 saturated carbocycles. The fraction of sp³-hybridized carbons (Fsp3) is 0.273. The standard InChI is InChI=1S/C11H13N3O2/c1-12-11(16)14(2)8-3-4-9-7(5-8)6-10(15)13-9/h3-5H,6H2,1-2H3,(H,12,16)(H,13,15). The lowest BCUT2D eigenvalue weighted by Gasteiger charge is -2.17. The van der Waals surface area contributed by atoms with Crippen molar-refractivity contribution in [2.75, 3.05) is 24.3 Å². The molecule has 0 aromatic heterocycles. The molecule has 2 N–H and O–H groups in total. The molecule has 0 bridgehead atoms. The maximum atomic E-state index is 11.4. The predicted molar refractivity (Wildman–Crippen MR) is 61.6 cm³/mol. The first-order chi connectivity index (χ1) is 7.61. The fourth-order valence-electron chi connectivity index (χ4n) is 1.71. The Labute approximate surface area is 93.4 Å². The molecule has 1 aromatic rings. The smallest absolute Gasteiger partial charge is 0.321 e. The van der Waals surface area contributed by atoms with Crippen LogP contribution < -0.4 is 15.5 Å². The van der Waals surface area contributed by atoms with Crippen molar-refractivity contribution in [1.82, 2.24) is 5.32 Å². The number of carbonyl (C=O) groups is 2. The van der Waals surface area contributed by atoms with E-state index in [2.05, 4.69) is 10.6 Å². The zero-order valence-corrected chi connectivity index (χ0v) is 9.20. The van der Waals surface area contributed by atoms with Crippen LogP contribution >= 0.6 is 0 Å². The number of anilines is 2. The molecular weight excluding hydrogens is 206 g/mol. The summed E-state index contributed by atoms with van der Waals surface area (Å²) in [5, 5.41) is 5.29. The Morgan fingerprint density at radius 3 is 2.94 bits per heavy atom. The second-order valence-corrected chi connectivity index (χ2v) is 3.68. The number of nitrogens with zero attached hydrogens (tertiary/aromatic N) is 1. The Morgan fingerprint density at radius 1 is 1.50 bits per heavy atom. The zero-order valence-electron chi connectivity index (χ0n) is 9.20. The first-order valence-corrected chi connectivity index (χ1v) is 5.00. The predicted octanol–water partition coefficient (Wildman–Crippen LogP) is 0.957. The number of benzene rings is 1. The van der Waals surface area contributed by atoms with Crippen LogP contribution in [0.15, 0.2) is 18.2 Å². The van der Waals surface area contributed by atoms with Crippen molar-refractivity contribution in [3.05, 3.63) is 23.8 Å². The van der Waals surface area contributed by atoms with Gasteiger partial charge in [0.1, 0.15) is 0 Å². The average molecular weight is 219 g/mol. The molecule has 5 nitrogen and oxygen atoms in total. The summed E-state index contributed by atoms with van der Waals surface area (Å²) in [5.74, 6) is -0.00486. The monoisotopic (exact) mass is 219 g/mol. The Kier molecular flexibility index (Phi) is 2.52. The van der Waals surface area contributed by atoms with Gasteiger partial charge in [0.2, 0.25) is 5.91 Å². The molecule has 1 aliphatic heterocycles. The van der Waals surface area contributed by atoms with E-state index in [1.165, 1.54) is 4.90 Å². The molecular formula is C11H13N3O2. The van der Waals surface area contributed by atoms with Gasteiger partial charge in [-0.15, -0.1) is 0 Å². The summed E-state index contributed by atoms with van der Waals surface area (Å²) in [6.45, 7) is 0. The van der Waals surface area contributed by atoms with Crippen molar-refractivity contribution < 1.29 is 9.59 Å². The van der Waals surface area contributed by atoms with Gasteiger partial charge in [-0.3, -0.25) is 9.69 Å². The second-order valence-electron chi connectivity index (χ2n) is 3.68. The number of carbonyl (C=O) groups excluding carboxylic acids is 2. The molecule has 0 atom stereocenters. The number of hydrogen-bond acceptors (Lipinski definition) is 2. The van der Waals surface area contributed by atoms with E-state index in [0.717, 1.165) is 16.9 Å². The summed E-state index contributed by atoms with van der Waals surface area (Å²) in [7, 11) is 3.27. The number of amides is 3. The van der Waals surface area contributed by atoms with Gasteiger partial charge in [0.15, 0.2) is 0 Å². The highest BCUT2D eigenvalue weighted by molar-refractivity contribution is 6.00. The van der Waals surface area contributed by atoms with Gasteiger partial charge in [0, 0.05) is 25.5 Å². The highest BCUT2D eigenvalue weighted by Gasteiger charge is 2.19. The molecule has 1 aliphatic rings. The van der Waals surface area contributed by atoms with Crippen molar-refractivity contribution in [2.24, 2.45) is 0 Å². The molecule has 84 valence electrons. The third-order valence-corrected chi connectivity index (χ3v) is 2.62. The van der Waals surface area contributed by atoms with Crippen LogP contribution in [0.3, 0.4) is 0 Å². The van der Waals surface area contributed by atoms with E-state index in [4.69, 9.17) is 0 Å². The summed E-state index contributed by atoms with van der Waals surface area (Å²) in [6.07, 6.45) is 0.380. The molecule has 2 rings (SSSR count). The molecule has 1 heterocycles. The summed E-state index contributed by atoms with van der Waals surface area (Å²) in [5.41, 5.74) is 2.53. The molecule has 0 aliphatic carbocycles. The van der Waals surface area contributed by atoms with Crippen molar-refractivity contribution in [2.45, 2.75) is 6.42 Å². The van der Waals surface area contributed by atoms with E-state index >= 15 is 0 Å². The van der Waals surface area contributed by atoms with Crippen LogP contribution in [0.25, 0.3) is 0 Å². The van der Waals surface area contributed by atoms with Gasteiger partial charge in [-0.25, -0.2) is 4.79 Å². The number of fused-ring (bicyclic) bond motifs is 1. The Morgan fingerprint density at radius 2 is 2.25 bits per heavy atom. The molecule has 3 amide bonds. The topological polar surface area (TPSA) is 61.4 Å². The van der Waals surface area contributed by atoms with Crippen molar-refractivity contribution in [1.29, 1.82) is 0 Å². The summed E-state index contributed by atoms with van der Waals surface area (Å²) in [4.78, 5) is 24.1. The van der Waals surface area contributed by atoms with E-state index in [9.17, 15) is 9.59 Å². The van der Waals surface area contributed by atoms with Crippen molar-refractivity contribution >= 4 is 23.3 Å². The summed E-state index contributed by atoms with van der Waals surface area (Å²) in [6, 6.07) is 5.29. The van der Waals surface area contributed by atoms with Crippen LogP contribution in [0.4, 0.5) is 16.2 Å². The number of rotatable bonds is 1. The van der Waals surface area contributed by atoms with E-state index < -0.39 is 0 Å². The first kappa shape index (κ1) is 10.5. The molecule has 0 fully saturated rings. The number of nitrogens with one attached hydrogen (secondary N) is 2. The highest BCUT2D eigenvalue weighted by atomic mass is 16.2. The van der Waals surface area contributed by atoms with Gasteiger partial charge in [0.25, 0.3) is 0 Å². The van der Waals surface area contributed by atoms with Gasteiger partial charge in [-0.2, -0.15) is 0 Å². The maximum Gasteiger partial charge on any atom is 0.321 e. The third-order valence-electron chi connectivity index (χ3n) is 2.62. The van der Waals surface area contributed by atoms with Crippen LogP contribution in [-0.2, 0) is 11.2 Å². The van der Waals surface area contributed by atoms with Crippen LogP contribution in [0.5, 0.6) is 0 Å². The van der Waals surface area contributed by atoms with Crippen LogP contribution in [0.1, 0.15) is 5.56 Å². The van der Waals surface area contributed by atoms with Crippen molar-refractivity contribution in [3.63, 3.8) is 0 Å². The molecule has 0 spiro atoms. The Balaban J connectivity index is 2.29. The molecule has 16 heavy (non-hydrogen) atoms. The van der Waals surface area contributed by atoms with Gasteiger partial charge in [-0.05, 0) is 23.8 Å². The Bertz CT molecular complexity index is 457. The van der Waals surface area contributed by atoms with Crippen LogP contribution in [-0.4, -0.2) is 26.0 Å². The summed E-state index contributed by atoms with van der Waals surface area (Å²) >= 11 is 0. The van der Waals surface area contributed by atoms with Gasteiger partial charge in [-0.1, -0.05) is 0 Å². The number of hydrogen-bond donors (Lipinski definition) is 2. The van der Waals surface area contributed by atoms with Gasteiger partial charge in [0.05, 0.1) is 6.42 Å². The maximum absolute atomic E-state index is 11.4. The Hall–Kier alpha value is -2.04.